The van der Waals surface area contributed by atoms with Gasteiger partial charge in [0.25, 0.3) is 0 Å². The summed E-state index contributed by atoms with van der Waals surface area (Å²) in [5.41, 5.74) is 1.68. The smallest absolute Gasteiger partial charge is 0.144 e. The van der Waals surface area contributed by atoms with E-state index in [4.69, 9.17) is 9.47 Å². The lowest BCUT2D eigenvalue weighted by Crippen LogP contribution is -2.29. The third-order valence-corrected chi connectivity index (χ3v) is 5.09. The van der Waals surface area contributed by atoms with Gasteiger partial charge in [-0.1, -0.05) is 49.4 Å². The predicted octanol–water partition coefficient (Wildman–Crippen LogP) is 5.02. The van der Waals surface area contributed by atoms with E-state index in [1.54, 1.807) is 18.4 Å². The summed E-state index contributed by atoms with van der Waals surface area (Å²) in [5.74, 6) is 0.836. The van der Waals surface area contributed by atoms with Crippen LogP contribution in [0.1, 0.15) is 29.5 Å². The van der Waals surface area contributed by atoms with Crippen molar-refractivity contribution < 1.29 is 9.47 Å². The summed E-state index contributed by atoms with van der Waals surface area (Å²) >= 11 is 1.61. The van der Waals surface area contributed by atoms with Crippen LogP contribution in [0.25, 0.3) is 0 Å². The van der Waals surface area contributed by atoms with E-state index in [9.17, 15) is 0 Å². The lowest BCUT2D eigenvalue weighted by molar-refractivity contribution is 0.0182. The van der Waals surface area contributed by atoms with E-state index in [2.05, 4.69) is 36.2 Å². The molecule has 0 saturated carbocycles. The fraction of sp³-hybridized carbons (Fsp3) is 0.250. The maximum Gasteiger partial charge on any atom is 0.144 e. The molecule has 124 valence electrons. The first kappa shape index (κ1) is 16.7. The van der Waals surface area contributed by atoms with Gasteiger partial charge in [0.1, 0.15) is 23.0 Å². The van der Waals surface area contributed by atoms with Gasteiger partial charge in [0.15, 0.2) is 0 Å². The van der Waals surface area contributed by atoms with Crippen LogP contribution >= 0.6 is 11.3 Å². The number of thiazole rings is 1. The largest absolute Gasteiger partial charge is 0.489 e. The zero-order valence-corrected chi connectivity index (χ0v) is 14.8. The van der Waals surface area contributed by atoms with E-state index in [0.29, 0.717) is 6.61 Å². The summed E-state index contributed by atoms with van der Waals surface area (Å²) in [6.07, 6.45) is 2.62. The highest BCUT2D eigenvalue weighted by molar-refractivity contribution is 7.09. The molecule has 1 aromatic heterocycles. The molecule has 0 aliphatic rings. The Labute approximate surface area is 146 Å². The van der Waals surface area contributed by atoms with Crippen molar-refractivity contribution in [2.45, 2.75) is 25.6 Å². The molecule has 3 aromatic rings. The van der Waals surface area contributed by atoms with E-state index >= 15 is 0 Å². The molecule has 1 unspecified atom stereocenters. The van der Waals surface area contributed by atoms with E-state index in [1.165, 1.54) is 0 Å². The first-order valence-corrected chi connectivity index (χ1v) is 8.89. The normalized spacial score (nSPS) is 13.4. The molecule has 0 saturated heterocycles. The molecule has 24 heavy (non-hydrogen) atoms. The Morgan fingerprint density at radius 2 is 1.92 bits per heavy atom. The first-order chi connectivity index (χ1) is 11.8. The quantitative estimate of drug-likeness (QED) is 0.605. The van der Waals surface area contributed by atoms with Crippen molar-refractivity contribution in [2.24, 2.45) is 0 Å². The lowest BCUT2D eigenvalue weighted by atomic mass is 9.91. The van der Waals surface area contributed by atoms with Crippen LogP contribution in [-0.4, -0.2) is 12.1 Å². The molecule has 1 heterocycles. The van der Waals surface area contributed by atoms with Gasteiger partial charge < -0.3 is 9.47 Å². The van der Waals surface area contributed by atoms with E-state index in [1.807, 2.05) is 41.9 Å². The fourth-order valence-electron chi connectivity index (χ4n) is 2.83. The number of benzene rings is 2. The second-order valence-electron chi connectivity index (χ2n) is 5.52. The molecular formula is C20H21NO2S. The summed E-state index contributed by atoms with van der Waals surface area (Å²) in [6, 6.07) is 18.3. The van der Waals surface area contributed by atoms with Crippen LogP contribution in [0.3, 0.4) is 0 Å². The standard InChI is InChI=1S/C20H21NO2S/c1-3-20(22-2,19-21-12-13-24-19)17-10-7-11-18(14-17)23-15-16-8-5-4-6-9-16/h4-14H,3,15H2,1-2H3. The minimum absolute atomic E-state index is 0.527. The molecule has 0 radical (unpaired) electrons. The fourth-order valence-corrected chi connectivity index (χ4v) is 3.74. The summed E-state index contributed by atoms with van der Waals surface area (Å²) in [4.78, 5) is 4.48. The summed E-state index contributed by atoms with van der Waals surface area (Å²) in [7, 11) is 1.74. The van der Waals surface area contributed by atoms with Crippen LogP contribution in [0.4, 0.5) is 0 Å². The number of hydrogen-bond donors (Lipinski definition) is 0. The molecule has 0 fully saturated rings. The van der Waals surface area contributed by atoms with Crippen molar-refractivity contribution in [1.82, 2.24) is 4.98 Å². The number of nitrogens with zero attached hydrogens (tertiary/aromatic N) is 1. The van der Waals surface area contributed by atoms with Gasteiger partial charge in [-0.25, -0.2) is 4.98 Å². The average Bonchev–Trinajstić information content (AvgIpc) is 3.18. The molecule has 3 rings (SSSR count). The van der Waals surface area contributed by atoms with E-state index in [0.717, 1.165) is 28.3 Å². The monoisotopic (exact) mass is 339 g/mol. The minimum atomic E-state index is -0.527. The van der Waals surface area contributed by atoms with Crippen LogP contribution < -0.4 is 4.74 Å². The molecule has 4 heteroatoms. The Hall–Kier alpha value is -2.17. The Morgan fingerprint density at radius 1 is 1.08 bits per heavy atom. The Morgan fingerprint density at radius 3 is 2.58 bits per heavy atom. The number of methoxy groups -OCH3 is 1. The summed E-state index contributed by atoms with van der Waals surface area (Å²) in [6.45, 7) is 2.66. The van der Waals surface area contributed by atoms with Crippen LogP contribution in [0.15, 0.2) is 66.2 Å². The van der Waals surface area contributed by atoms with Crippen molar-refractivity contribution in [3.63, 3.8) is 0 Å². The van der Waals surface area contributed by atoms with Gasteiger partial charge in [0.2, 0.25) is 0 Å². The van der Waals surface area contributed by atoms with Crippen LogP contribution in [0.5, 0.6) is 5.75 Å². The van der Waals surface area contributed by atoms with Crippen LogP contribution in [0, 0.1) is 0 Å². The maximum atomic E-state index is 5.96. The zero-order chi connectivity index (χ0) is 16.8. The predicted molar refractivity (Wildman–Crippen MR) is 97.4 cm³/mol. The zero-order valence-electron chi connectivity index (χ0n) is 13.9. The van der Waals surface area contributed by atoms with Gasteiger partial charge in [0, 0.05) is 18.7 Å². The third kappa shape index (κ3) is 3.35. The Bertz CT molecular complexity index is 752. The maximum absolute atomic E-state index is 5.96. The Balaban J connectivity index is 1.86. The van der Waals surface area contributed by atoms with Crippen LogP contribution in [-0.2, 0) is 16.9 Å². The number of ether oxygens (including phenoxy) is 2. The second kappa shape index (κ2) is 7.60. The SMILES string of the molecule is CCC(OC)(c1cccc(OCc2ccccc2)c1)c1nccs1. The van der Waals surface area contributed by atoms with Crippen LogP contribution in [0.2, 0.25) is 0 Å². The highest BCUT2D eigenvalue weighted by Gasteiger charge is 2.35. The van der Waals surface area contributed by atoms with E-state index < -0.39 is 5.60 Å². The Kier molecular flexibility index (Phi) is 5.28. The number of hydrogen-bond acceptors (Lipinski definition) is 4. The number of rotatable bonds is 7. The average molecular weight is 339 g/mol. The highest BCUT2D eigenvalue weighted by Crippen LogP contribution is 2.38. The molecule has 2 aromatic carbocycles. The topological polar surface area (TPSA) is 31.4 Å². The van der Waals surface area contributed by atoms with Gasteiger partial charge in [0.05, 0.1) is 0 Å². The molecule has 0 aliphatic heterocycles. The van der Waals surface area contributed by atoms with Crippen molar-refractivity contribution in [3.05, 3.63) is 82.3 Å². The van der Waals surface area contributed by atoms with Gasteiger partial charge >= 0.3 is 0 Å². The molecular weight excluding hydrogens is 318 g/mol. The molecule has 0 aliphatic carbocycles. The van der Waals surface area contributed by atoms with Gasteiger partial charge in [-0.3, -0.25) is 0 Å². The highest BCUT2D eigenvalue weighted by atomic mass is 32.1. The van der Waals surface area contributed by atoms with Gasteiger partial charge in [-0.05, 0) is 29.7 Å². The van der Waals surface area contributed by atoms with Crippen molar-refractivity contribution >= 4 is 11.3 Å². The van der Waals surface area contributed by atoms with Gasteiger partial charge in [-0.2, -0.15) is 0 Å². The molecule has 1 atom stereocenters. The molecule has 0 amide bonds. The molecule has 0 spiro atoms. The molecule has 3 nitrogen and oxygen atoms in total. The van der Waals surface area contributed by atoms with Crippen molar-refractivity contribution in [3.8, 4) is 5.75 Å². The third-order valence-electron chi connectivity index (χ3n) is 4.17. The number of aromatic nitrogens is 1. The summed E-state index contributed by atoms with van der Waals surface area (Å²) in [5, 5.41) is 2.95. The molecule has 0 N–H and O–H groups in total. The summed E-state index contributed by atoms with van der Waals surface area (Å²) < 4.78 is 11.9. The molecule has 0 bridgehead atoms. The second-order valence-corrected chi connectivity index (χ2v) is 6.42. The lowest BCUT2D eigenvalue weighted by Gasteiger charge is -2.30. The van der Waals surface area contributed by atoms with Crippen molar-refractivity contribution in [2.75, 3.05) is 7.11 Å². The van der Waals surface area contributed by atoms with E-state index in [-0.39, 0.29) is 0 Å². The minimum Gasteiger partial charge on any atom is -0.489 e. The first-order valence-electron chi connectivity index (χ1n) is 8.01. The van der Waals surface area contributed by atoms with Crippen molar-refractivity contribution in [1.29, 1.82) is 0 Å². The van der Waals surface area contributed by atoms with Gasteiger partial charge in [-0.15, -0.1) is 11.3 Å².